The first kappa shape index (κ1) is 8.21. The average molecular weight is 128 g/mol. The number of carboxylic acids is 1. The van der Waals surface area contributed by atoms with Crippen LogP contribution in [0.4, 0.5) is 0 Å². The number of hydrogen-bond acceptors (Lipinski definition) is 1. The van der Waals surface area contributed by atoms with Gasteiger partial charge in [0.25, 0.3) is 0 Å². The fourth-order valence-electron chi connectivity index (χ4n) is 0.448. The van der Waals surface area contributed by atoms with Gasteiger partial charge in [0.15, 0.2) is 0 Å². The molecule has 0 saturated heterocycles. The highest BCUT2D eigenvalue weighted by Gasteiger charge is 1.95. The molecule has 0 atom stereocenters. The van der Waals surface area contributed by atoms with Gasteiger partial charge in [-0.05, 0) is 13.3 Å². The van der Waals surface area contributed by atoms with Crippen LogP contribution in [0.15, 0.2) is 11.6 Å². The third-order valence-corrected chi connectivity index (χ3v) is 1.08. The van der Waals surface area contributed by atoms with Crippen molar-refractivity contribution in [3.63, 3.8) is 0 Å². The predicted octanol–water partition coefficient (Wildman–Crippen LogP) is 1.82. The maximum atomic E-state index is 10.1. The second-order valence-electron chi connectivity index (χ2n) is 1.98. The zero-order valence-electron chi connectivity index (χ0n) is 5.85. The zero-order chi connectivity index (χ0) is 7.28. The minimum absolute atomic E-state index is 0.442. The number of carbonyl (C=O) groups is 1. The van der Waals surface area contributed by atoms with Gasteiger partial charge < -0.3 is 5.11 Å². The van der Waals surface area contributed by atoms with E-state index in [1.807, 2.05) is 6.92 Å². The largest absolute Gasteiger partial charge is 0.478 e. The molecule has 0 unspecified atom stereocenters. The van der Waals surface area contributed by atoms with Gasteiger partial charge in [-0.25, -0.2) is 4.79 Å². The highest BCUT2D eigenvalue weighted by molar-refractivity contribution is 5.85. The van der Waals surface area contributed by atoms with Crippen LogP contribution in [-0.2, 0) is 4.79 Å². The van der Waals surface area contributed by atoms with Crippen molar-refractivity contribution in [1.82, 2.24) is 0 Å². The number of allylic oxidation sites excluding steroid dienone is 1. The van der Waals surface area contributed by atoms with Crippen LogP contribution < -0.4 is 0 Å². The van der Waals surface area contributed by atoms with Gasteiger partial charge in [0.2, 0.25) is 0 Å². The molecule has 0 aromatic heterocycles. The molecular weight excluding hydrogens is 116 g/mol. The summed E-state index contributed by atoms with van der Waals surface area (Å²) in [5, 5.41) is 8.34. The fourth-order valence-corrected chi connectivity index (χ4v) is 0.448. The highest BCUT2D eigenvalue weighted by Crippen LogP contribution is 1.96. The molecule has 0 spiro atoms. The van der Waals surface area contributed by atoms with E-state index in [0.717, 1.165) is 12.8 Å². The maximum Gasteiger partial charge on any atom is 0.330 e. The van der Waals surface area contributed by atoms with Crippen LogP contribution >= 0.6 is 0 Å². The second-order valence-corrected chi connectivity index (χ2v) is 1.98. The van der Waals surface area contributed by atoms with Crippen molar-refractivity contribution in [2.75, 3.05) is 0 Å². The molecule has 2 nitrogen and oxygen atoms in total. The Balaban J connectivity index is 3.69. The lowest BCUT2D eigenvalue weighted by molar-refractivity contribution is -0.132. The summed E-state index contributed by atoms with van der Waals surface area (Å²) < 4.78 is 0. The van der Waals surface area contributed by atoms with E-state index < -0.39 is 5.97 Å². The van der Waals surface area contributed by atoms with Gasteiger partial charge in [-0.15, -0.1) is 0 Å². The number of rotatable bonds is 3. The normalized spacial score (nSPS) is 11.6. The quantitative estimate of drug-likeness (QED) is 0.588. The van der Waals surface area contributed by atoms with Gasteiger partial charge in [0.05, 0.1) is 0 Å². The van der Waals surface area contributed by atoms with Crippen LogP contribution in [0.5, 0.6) is 0 Å². The second kappa shape index (κ2) is 4.13. The molecule has 0 aliphatic carbocycles. The Kier molecular flexibility index (Phi) is 3.76. The molecule has 0 aliphatic rings. The summed E-state index contributed by atoms with van der Waals surface area (Å²) in [7, 11) is 0. The predicted molar refractivity (Wildman–Crippen MR) is 36.3 cm³/mol. The maximum absolute atomic E-state index is 10.1. The molecule has 0 saturated carbocycles. The number of hydrogen-bond donors (Lipinski definition) is 1. The fraction of sp³-hybridized carbons (Fsp3) is 0.571. The van der Waals surface area contributed by atoms with Crippen molar-refractivity contribution < 1.29 is 9.90 Å². The van der Waals surface area contributed by atoms with Gasteiger partial charge in [-0.3, -0.25) is 0 Å². The lowest BCUT2D eigenvalue weighted by Gasteiger charge is -1.89. The van der Waals surface area contributed by atoms with E-state index in [0.29, 0.717) is 5.57 Å². The van der Waals surface area contributed by atoms with E-state index in [1.165, 1.54) is 0 Å². The smallest absolute Gasteiger partial charge is 0.330 e. The molecule has 0 amide bonds. The summed E-state index contributed by atoms with van der Waals surface area (Å²) in [6, 6.07) is 0. The molecule has 9 heavy (non-hydrogen) atoms. The van der Waals surface area contributed by atoms with E-state index in [9.17, 15) is 4.79 Å². The van der Waals surface area contributed by atoms with Crippen molar-refractivity contribution in [3.05, 3.63) is 11.6 Å². The van der Waals surface area contributed by atoms with Crippen LogP contribution in [-0.4, -0.2) is 11.1 Å². The van der Waals surface area contributed by atoms with Gasteiger partial charge >= 0.3 is 5.97 Å². The summed E-state index contributed by atoms with van der Waals surface area (Å²) in [6.45, 7) is 3.63. The van der Waals surface area contributed by atoms with E-state index in [1.54, 1.807) is 13.0 Å². The van der Waals surface area contributed by atoms with Crippen molar-refractivity contribution >= 4 is 5.97 Å². The van der Waals surface area contributed by atoms with Gasteiger partial charge in [-0.1, -0.05) is 19.4 Å². The first-order valence-corrected chi connectivity index (χ1v) is 3.08. The Morgan fingerprint density at radius 2 is 2.22 bits per heavy atom. The van der Waals surface area contributed by atoms with Gasteiger partial charge in [0.1, 0.15) is 0 Å². The summed E-state index contributed by atoms with van der Waals surface area (Å²) in [5.74, 6) is -0.816. The van der Waals surface area contributed by atoms with Crippen molar-refractivity contribution in [2.24, 2.45) is 0 Å². The SMILES string of the molecule is CCC/C=C(/C)C(=O)O. The lowest BCUT2D eigenvalue weighted by Crippen LogP contribution is -1.95. The summed E-state index contributed by atoms with van der Waals surface area (Å²) in [6.07, 6.45) is 3.60. The molecule has 0 radical (unpaired) electrons. The Morgan fingerprint density at radius 3 is 2.56 bits per heavy atom. The Hall–Kier alpha value is -0.790. The van der Waals surface area contributed by atoms with Crippen molar-refractivity contribution in [2.45, 2.75) is 26.7 Å². The molecule has 0 bridgehead atoms. The van der Waals surface area contributed by atoms with Gasteiger partial charge in [-0.2, -0.15) is 0 Å². The molecular formula is C7H12O2. The summed E-state index contributed by atoms with van der Waals surface area (Å²) >= 11 is 0. The molecule has 0 aliphatic heterocycles. The van der Waals surface area contributed by atoms with E-state index >= 15 is 0 Å². The summed E-state index contributed by atoms with van der Waals surface area (Å²) in [5.41, 5.74) is 0.442. The van der Waals surface area contributed by atoms with Crippen LogP contribution in [0.25, 0.3) is 0 Å². The van der Waals surface area contributed by atoms with Crippen LogP contribution in [0, 0.1) is 0 Å². The minimum atomic E-state index is -0.816. The Bertz CT molecular complexity index is 125. The topological polar surface area (TPSA) is 37.3 Å². The molecule has 0 fully saturated rings. The molecule has 0 rings (SSSR count). The number of carboxylic acid groups (broad SMARTS) is 1. The van der Waals surface area contributed by atoms with Crippen LogP contribution in [0.1, 0.15) is 26.7 Å². The van der Waals surface area contributed by atoms with Crippen molar-refractivity contribution in [1.29, 1.82) is 0 Å². The lowest BCUT2D eigenvalue weighted by atomic mass is 10.2. The Morgan fingerprint density at radius 1 is 1.67 bits per heavy atom. The monoisotopic (exact) mass is 128 g/mol. The van der Waals surface area contributed by atoms with E-state index in [4.69, 9.17) is 5.11 Å². The van der Waals surface area contributed by atoms with Gasteiger partial charge in [0, 0.05) is 5.57 Å². The standard InChI is InChI=1S/C7H12O2/c1-3-4-5-6(2)7(8)9/h5H,3-4H2,1-2H3,(H,8,9)/b6-5-. The third kappa shape index (κ3) is 3.76. The molecule has 2 heteroatoms. The molecule has 0 heterocycles. The van der Waals surface area contributed by atoms with E-state index in [-0.39, 0.29) is 0 Å². The van der Waals surface area contributed by atoms with Crippen LogP contribution in [0.3, 0.4) is 0 Å². The number of unbranched alkanes of at least 4 members (excludes halogenated alkanes) is 1. The third-order valence-electron chi connectivity index (χ3n) is 1.08. The number of aliphatic carboxylic acids is 1. The first-order chi connectivity index (χ1) is 4.18. The van der Waals surface area contributed by atoms with Crippen molar-refractivity contribution in [3.8, 4) is 0 Å². The highest BCUT2D eigenvalue weighted by atomic mass is 16.4. The molecule has 0 aromatic rings. The molecule has 1 N–H and O–H groups in total. The van der Waals surface area contributed by atoms with E-state index in [2.05, 4.69) is 0 Å². The average Bonchev–Trinajstić information content (AvgIpc) is 1.82. The van der Waals surface area contributed by atoms with Crippen LogP contribution in [0.2, 0.25) is 0 Å². The zero-order valence-corrected chi connectivity index (χ0v) is 5.85. The Labute approximate surface area is 55.2 Å². The molecule has 52 valence electrons. The molecule has 0 aromatic carbocycles. The minimum Gasteiger partial charge on any atom is -0.478 e. The summed E-state index contributed by atoms with van der Waals surface area (Å²) in [4.78, 5) is 10.1. The first-order valence-electron chi connectivity index (χ1n) is 3.08.